The van der Waals surface area contributed by atoms with Gasteiger partial charge in [0.05, 0.1) is 5.56 Å². The SMILES string of the molecule is O=C(Nc1ccc(Cl)nn1)c1ccc(Br)c(C(F)(F)F)c1. The van der Waals surface area contributed by atoms with E-state index in [1.54, 1.807) is 0 Å². The zero-order valence-corrected chi connectivity index (χ0v) is 12.4. The Kier molecular flexibility index (Phi) is 4.48. The number of carbonyl (C=O) groups excluding carboxylic acids is 1. The van der Waals surface area contributed by atoms with Crippen LogP contribution >= 0.6 is 27.5 Å². The van der Waals surface area contributed by atoms with Crippen LogP contribution in [0, 0.1) is 0 Å². The van der Waals surface area contributed by atoms with E-state index >= 15 is 0 Å². The molecule has 0 fully saturated rings. The van der Waals surface area contributed by atoms with Crippen molar-refractivity contribution < 1.29 is 18.0 Å². The summed E-state index contributed by atoms with van der Waals surface area (Å²) in [6.45, 7) is 0. The van der Waals surface area contributed by atoms with Crippen LogP contribution in [0.25, 0.3) is 0 Å². The number of nitrogens with one attached hydrogen (secondary N) is 1. The fourth-order valence-electron chi connectivity index (χ4n) is 1.45. The van der Waals surface area contributed by atoms with Gasteiger partial charge in [0.25, 0.3) is 5.91 Å². The molecule has 0 saturated heterocycles. The molecule has 110 valence electrons. The van der Waals surface area contributed by atoms with Crippen LogP contribution in [0.3, 0.4) is 0 Å². The first kappa shape index (κ1) is 15.7. The minimum absolute atomic E-state index is 0.0841. The number of hydrogen-bond acceptors (Lipinski definition) is 3. The third-order valence-electron chi connectivity index (χ3n) is 2.41. The largest absolute Gasteiger partial charge is 0.417 e. The van der Waals surface area contributed by atoms with Crippen LogP contribution in [-0.4, -0.2) is 16.1 Å². The molecule has 0 aliphatic carbocycles. The number of amides is 1. The van der Waals surface area contributed by atoms with Gasteiger partial charge in [-0.1, -0.05) is 27.5 Å². The van der Waals surface area contributed by atoms with Gasteiger partial charge in [-0.15, -0.1) is 10.2 Å². The lowest BCUT2D eigenvalue weighted by Crippen LogP contribution is -2.15. The normalized spacial score (nSPS) is 11.3. The summed E-state index contributed by atoms with van der Waals surface area (Å²) >= 11 is 8.34. The molecular formula is C12H6BrClF3N3O. The summed E-state index contributed by atoms with van der Waals surface area (Å²) in [6, 6.07) is 5.95. The Morgan fingerprint density at radius 3 is 2.48 bits per heavy atom. The topological polar surface area (TPSA) is 54.9 Å². The molecule has 1 N–H and O–H groups in total. The van der Waals surface area contributed by atoms with Crippen molar-refractivity contribution in [2.75, 3.05) is 5.32 Å². The standard InChI is InChI=1S/C12H6BrClF3N3O/c13-8-2-1-6(5-7(8)12(15,16)17)11(21)18-10-4-3-9(14)19-20-10/h1-5H,(H,18,20,21). The van der Waals surface area contributed by atoms with Crippen LogP contribution < -0.4 is 5.32 Å². The molecule has 2 rings (SSSR count). The number of benzene rings is 1. The number of hydrogen-bond donors (Lipinski definition) is 1. The lowest BCUT2D eigenvalue weighted by molar-refractivity contribution is -0.138. The number of anilines is 1. The molecule has 21 heavy (non-hydrogen) atoms. The van der Waals surface area contributed by atoms with Gasteiger partial charge < -0.3 is 5.32 Å². The third kappa shape index (κ3) is 3.92. The summed E-state index contributed by atoms with van der Waals surface area (Å²) in [5, 5.41) is 9.56. The Bertz CT molecular complexity index is 676. The fraction of sp³-hybridized carbons (Fsp3) is 0.0833. The molecule has 0 spiro atoms. The molecule has 9 heteroatoms. The van der Waals surface area contributed by atoms with Crippen molar-refractivity contribution in [2.45, 2.75) is 6.18 Å². The number of aromatic nitrogens is 2. The smallest absolute Gasteiger partial charge is 0.305 e. The molecule has 0 bridgehead atoms. The zero-order valence-electron chi connectivity index (χ0n) is 10.1. The van der Waals surface area contributed by atoms with Crippen LogP contribution in [0.2, 0.25) is 5.15 Å². The highest BCUT2D eigenvalue weighted by Gasteiger charge is 2.33. The Labute approximate surface area is 130 Å². The summed E-state index contributed by atoms with van der Waals surface area (Å²) in [5.74, 6) is -0.648. The number of nitrogens with zero attached hydrogens (tertiary/aromatic N) is 2. The lowest BCUT2D eigenvalue weighted by atomic mass is 10.1. The molecule has 0 atom stereocenters. The lowest BCUT2D eigenvalue weighted by Gasteiger charge is -2.11. The van der Waals surface area contributed by atoms with Gasteiger partial charge in [-0.2, -0.15) is 13.2 Å². The summed E-state index contributed by atoms with van der Waals surface area (Å²) in [5.41, 5.74) is -1.08. The summed E-state index contributed by atoms with van der Waals surface area (Å²) < 4.78 is 38.2. The molecule has 1 aromatic carbocycles. The number of carbonyl (C=O) groups is 1. The Balaban J connectivity index is 2.25. The Morgan fingerprint density at radius 2 is 1.90 bits per heavy atom. The molecule has 1 heterocycles. The zero-order chi connectivity index (χ0) is 15.6. The predicted octanol–water partition coefficient (Wildman–Crippen LogP) is 4.16. The molecule has 0 radical (unpaired) electrons. The van der Waals surface area contributed by atoms with E-state index in [9.17, 15) is 18.0 Å². The Morgan fingerprint density at radius 1 is 1.19 bits per heavy atom. The van der Waals surface area contributed by atoms with Gasteiger partial charge in [0, 0.05) is 10.0 Å². The maximum absolute atomic E-state index is 12.8. The van der Waals surface area contributed by atoms with Gasteiger partial charge in [-0.05, 0) is 30.3 Å². The molecule has 4 nitrogen and oxygen atoms in total. The second kappa shape index (κ2) is 5.98. The van der Waals surface area contributed by atoms with E-state index in [1.807, 2.05) is 0 Å². The molecule has 1 aromatic heterocycles. The molecule has 0 aliphatic rings. The molecule has 1 amide bonds. The van der Waals surface area contributed by atoms with Crippen molar-refractivity contribution in [1.29, 1.82) is 0 Å². The van der Waals surface area contributed by atoms with E-state index in [-0.39, 0.29) is 21.0 Å². The van der Waals surface area contributed by atoms with Gasteiger partial charge >= 0.3 is 6.18 Å². The van der Waals surface area contributed by atoms with Gasteiger partial charge in [-0.3, -0.25) is 4.79 Å². The second-order valence-electron chi connectivity index (χ2n) is 3.89. The van der Waals surface area contributed by atoms with Gasteiger partial charge in [0.15, 0.2) is 11.0 Å². The van der Waals surface area contributed by atoms with E-state index < -0.39 is 17.6 Å². The third-order valence-corrected chi connectivity index (χ3v) is 3.30. The van der Waals surface area contributed by atoms with E-state index in [1.165, 1.54) is 18.2 Å². The van der Waals surface area contributed by atoms with Gasteiger partial charge in [0.2, 0.25) is 0 Å². The van der Waals surface area contributed by atoms with Crippen LogP contribution in [0.15, 0.2) is 34.8 Å². The van der Waals surface area contributed by atoms with Gasteiger partial charge in [0.1, 0.15) is 0 Å². The van der Waals surface area contributed by atoms with Crippen molar-refractivity contribution in [3.63, 3.8) is 0 Å². The van der Waals surface area contributed by atoms with Crippen molar-refractivity contribution in [3.05, 3.63) is 51.1 Å². The molecule has 0 unspecified atom stereocenters. The first-order valence-corrected chi connectivity index (χ1v) is 6.62. The summed E-state index contributed by atoms with van der Waals surface area (Å²) in [6.07, 6.45) is -4.56. The first-order valence-electron chi connectivity index (χ1n) is 5.44. The van der Waals surface area contributed by atoms with Gasteiger partial charge in [-0.25, -0.2) is 0 Å². The highest BCUT2D eigenvalue weighted by Crippen LogP contribution is 2.35. The van der Waals surface area contributed by atoms with Crippen LogP contribution in [0.1, 0.15) is 15.9 Å². The molecule has 0 aliphatic heterocycles. The van der Waals surface area contributed by atoms with E-state index in [2.05, 4.69) is 31.4 Å². The van der Waals surface area contributed by atoms with Crippen molar-refractivity contribution in [1.82, 2.24) is 10.2 Å². The van der Waals surface area contributed by atoms with E-state index in [4.69, 9.17) is 11.6 Å². The second-order valence-corrected chi connectivity index (χ2v) is 5.13. The monoisotopic (exact) mass is 379 g/mol. The predicted molar refractivity (Wildman–Crippen MR) is 74.1 cm³/mol. The fourth-order valence-corrected chi connectivity index (χ4v) is 2.03. The van der Waals surface area contributed by atoms with E-state index in [0.29, 0.717) is 0 Å². The van der Waals surface area contributed by atoms with Crippen LogP contribution in [0.4, 0.5) is 19.0 Å². The average Bonchev–Trinajstić information content (AvgIpc) is 2.40. The number of halogens is 5. The molecular weight excluding hydrogens is 375 g/mol. The Hall–Kier alpha value is -1.67. The summed E-state index contributed by atoms with van der Waals surface area (Å²) in [7, 11) is 0. The average molecular weight is 381 g/mol. The van der Waals surface area contributed by atoms with Crippen molar-refractivity contribution >= 4 is 39.3 Å². The highest BCUT2D eigenvalue weighted by molar-refractivity contribution is 9.10. The highest BCUT2D eigenvalue weighted by atomic mass is 79.9. The maximum atomic E-state index is 12.8. The molecule has 2 aromatic rings. The minimum Gasteiger partial charge on any atom is -0.305 e. The number of rotatable bonds is 2. The minimum atomic E-state index is -4.56. The quantitative estimate of drug-likeness (QED) is 0.851. The maximum Gasteiger partial charge on any atom is 0.417 e. The molecule has 0 saturated carbocycles. The summed E-state index contributed by atoms with van der Waals surface area (Å²) in [4.78, 5) is 11.9. The first-order chi connectivity index (χ1) is 9.77. The van der Waals surface area contributed by atoms with Crippen molar-refractivity contribution in [2.24, 2.45) is 0 Å². The van der Waals surface area contributed by atoms with Crippen LogP contribution in [0.5, 0.6) is 0 Å². The van der Waals surface area contributed by atoms with Crippen LogP contribution in [-0.2, 0) is 6.18 Å². The number of alkyl halides is 3. The van der Waals surface area contributed by atoms with Crippen molar-refractivity contribution in [3.8, 4) is 0 Å². The van der Waals surface area contributed by atoms with E-state index in [0.717, 1.165) is 12.1 Å².